The second-order valence-corrected chi connectivity index (χ2v) is 9.38. The van der Waals surface area contributed by atoms with E-state index in [0.717, 1.165) is 46.6 Å². The molecule has 2 heterocycles. The highest BCUT2D eigenvalue weighted by Gasteiger charge is 2.27. The maximum absolute atomic E-state index is 12.8. The molecule has 1 aliphatic rings. The average Bonchev–Trinajstić information content (AvgIpc) is 3.12. The van der Waals surface area contributed by atoms with Gasteiger partial charge >= 0.3 is 0 Å². The van der Waals surface area contributed by atoms with Crippen LogP contribution in [-0.4, -0.2) is 24.0 Å². The Hall–Kier alpha value is -1.92. The van der Waals surface area contributed by atoms with Gasteiger partial charge in [0.05, 0.1) is 16.1 Å². The van der Waals surface area contributed by atoms with Crippen LogP contribution in [0.1, 0.15) is 29.5 Å². The first kappa shape index (κ1) is 19.4. The van der Waals surface area contributed by atoms with Gasteiger partial charge in [-0.15, -0.1) is 0 Å². The largest absolute Gasteiger partial charge is 0.352 e. The molecule has 1 aromatic heterocycles. The summed E-state index contributed by atoms with van der Waals surface area (Å²) in [5, 5.41) is 4.15. The fraction of sp³-hybridized carbons (Fsp3) is 0.364. The Morgan fingerprint density at radius 3 is 2.96 bits per heavy atom. The number of hydrogen-bond donors (Lipinski definition) is 1. The SMILES string of the molecule is Cc1cc(C)c2nc(N3CCC[C@H](C(=O)NCc4ccccc4Br)C3)sc2c1. The van der Waals surface area contributed by atoms with Crippen LogP contribution in [0.15, 0.2) is 40.9 Å². The summed E-state index contributed by atoms with van der Waals surface area (Å²) >= 11 is 5.28. The summed E-state index contributed by atoms with van der Waals surface area (Å²) in [6.45, 7) is 6.49. The van der Waals surface area contributed by atoms with Crippen LogP contribution in [0.4, 0.5) is 5.13 Å². The van der Waals surface area contributed by atoms with E-state index in [9.17, 15) is 4.79 Å². The van der Waals surface area contributed by atoms with Gasteiger partial charge in [-0.3, -0.25) is 4.79 Å². The van der Waals surface area contributed by atoms with Crippen molar-refractivity contribution in [2.75, 3.05) is 18.0 Å². The van der Waals surface area contributed by atoms with Crippen LogP contribution in [0.25, 0.3) is 10.2 Å². The molecule has 146 valence electrons. The molecule has 3 aromatic rings. The minimum atomic E-state index is 0.00563. The lowest BCUT2D eigenvalue weighted by molar-refractivity contribution is -0.125. The summed E-state index contributed by atoms with van der Waals surface area (Å²) in [6, 6.07) is 12.4. The van der Waals surface area contributed by atoms with E-state index in [1.807, 2.05) is 24.3 Å². The van der Waals surface area contributed by atoms with E-state index in [2.05, 4.69) is 52.1 Å². The molecule has 0 radical (unpaired) electrons. The molecule has 1 atom stereocenters. The standard InChI is InChI=1S/C22H24BrN3OS/c1-14-10-15(2)20-19(11-14)28-22(25-20)26-9-5-7-17(13-26)21(27)24-12-16-6-3-4-8-18(16)23/h3-4,6,8,10-11,17H,5,7,9,12-13H2,1-2H3,(H,24,27)/t17-/m0/s1. The van der Waals surface area contributed by atoms with E-state index in [4.69, 9.17) is 4.98 Å². The molecule has 1 fully saturated rings. The third kappa shape index (κ3) is 4.08. The predicted molar refractivity (Wildman–Crippen MR) is 120 cm³/mol. The fourth-order valence-corrected chi connectivity index (χ4v) is 5.43. The lowest BCUT2D eigenvalue weighted by Gasteiger charge is -2.31. The van der Waals surface area contributed by atoms with Crippen LogP contribution in [0.2, 0.25) is 0 Å². The number of hydrogen-bond acceptors (Lipinski definition) is 4. The Labute approximate surface area is 178 Å². The molecule has 1 aliphatic heterocycles. The first-order valence-electron chi connectivity index (χ1n) is 9.65. The lowest BCUT2D eigenvalue weighted by Crippen LogP contribution is -2.43. The van der Waals surface area contributed by atoms with Gasteiger partial charge in [0.1, 0.15) is 0 Å². The topological polar surface area (TPSA) is 45.2 Å². The van der Waals surface area contributed by atoms with Crippen molar-refractivity contribution in [3.8, 4) is 0 Å². The summed E-state index contributed by atoms with van der Waals surface area (Å²) in [5.74, 6) is 0.139. The Kier molecular flexibility index (Phi) is 5.69. The van der Waals surface area contributed by atoms with Crippen LogP contribution < -0.4 is 10.2 Å². The third-order valence-electron chi connectivity index (χ3n) is 5.29. The fourth-order valence-electron chi connectivity index (χ4n) is 3.83. The van der Waals surface area contributed by atoms with Gasteiger partial charge in [0.2, 0.25) is 5.91 Å². The molecule has 2 aromatic carbocycles. The molecule has 0 bridgehead atoms. The lowest BCUT2D eigenvalue weighted by atomic mass is 9.97. The summed E-state index contributed by atoms with van der Waals surface area (Å²) in [7, 11) is 0. The number of halogens is 1. The second kappa shape index (κ2) is 8.21. The quantitative estimate of drug-likeness (QED) is 0.584. The van der Waals surface area contributed by atoms with Gasteiger partial charge in [0, 0.05) is 24.1 Å². The minimum Gasteiger partial charge on any atom is -0.352 e. The van der Waals surface area contributed by atoms with Crippen molar-refractivity contribution < 1.29 is 4.79 Å². The van der Waals surface area contributed by atoms with Crippen molar-refractivity contribution in [1.29, 1.82) is 0 Å². The number of thiazole rings is 1. The summed E-state index contributed by atoms with van der Waals surface area (Å²) in [6.07, 6.45) is 1.95. The van der Waals surface area contributed by atoms with Crippen LogP contribution >= 0.6 is 27.3 Å². The highest BCUT2D eigenvalue weighted by molar-refractivity contribution is 9.10. The number of rotatable bonds is 4. The normalized spacial score (nSPS) is 17.1. The van der Waals surface area contributed by atoms with E-state index >= 15 is 0 Å². The van der Waals surface area contributed by atoms with Crippen molar-refractivity contribution in [2.45, 2.75) is 33.2 Å². The van der Waals surface area contributed by atoms with Crippen molar-refractivity contribution >= 4 is 48.5 Å². The maximum Gasteiger partial charge on any atom is 0.225 e. The van der Waals surface area contributed by atoms with Crippen LogP contribution in [0.3, 0.4) is 0 Å². The van der Waals surface area contributed by atoms with E-state index in [1.54, 1.807) is 11.3 Å². The summed E-state index contributed by atoms with van der Waals surface area (Å²) < 4.78 is 2.26. The third-order valence-corrected chi connectivity index (χ3v) is 7.13. The smallest absolute Gasteiger partial charge is 0.225 e. The molecule has 1 amide bonds. The van der Waals surface area contributed by atoms with Crippen LogP contribution in [-0.2, 0) is 11.3 Å². The molecular formula is C22H24BrN3OS. The number of aromatic nitrogens is 1. The van der Waals surface area contributed by atoms with Gasteiger partial charge in [-0.2, -0.15) is 0 Å². The Morgan fingerprint density at radius 1 is 1.32 bits per heavy atom. The number of piperidine rings is 1. The summed E-state index contributed by atoms with van der Waals surface area (Å²) in [5.41, 5.74) is 4.67. The number of amides is 1. The van der Waals surface area contributed by atoms with Gasteiger partial charge in [-0.1, -0.05) is 51.5 Å². The molecule has 28 heavy (non-hydrogen) atoms. The first-order chi connectivity index (χ1) is 13.5. The van der Waals surface area contributed by atoms with Gasteiger partial charge in [0.25, 0.3) is 0 Å². The molecule has 0 spiro atoms. The zero-order valence-electron chi connectivity index (χ0n) is 16.2. The van der Waals surface area contributed by atoms with E-state index in [-0.39, 0.29) is 11.8 Å². The van der Waals surface area contributed by atoms with Crippen molar-refractivity contribution in [3.63, 3.8) is 0 Å². The predicted octanol–water partition coefficient (Wildman–Crippen LogP) is 5.21. The molecule has 4 nitrogen and oxygen atoms in total. The Bertz CT molecular complexity index is 1020. The number of benzene rings is 2. The van der Waals surface area contributed by atoms with Gasteiger partial charge in [-0.25, -0.2) is 4.98 Å². The molecule has 1 saturated heterocycles. The van der Waals surface area contributed by atoms with Crippen molar-refractivity contribution in [1.82, 2.24) is 10.3 Å². The first-order valence-corrected chi connectivity index (χ1v) is 11.3. The van der Waals surface area contributed by atoms with E-state index in [0.29, 0.717) is 6.54 Å². The molecule has 0 saturated carbocycles. The highest BCUT2D eigenvalue weighted by atomic mass is 79.9. The van der Waals surface area contributed by atoms with Gasteiger partial charge < -0.3 is 10.2 Å². The van der Waals surface area contributed by atoms with Crippen LogP contribution in [0, 0.1) is 19.8 Å². The molecule has 0 unspecified atom stereocenters. The number of nitrogens with one attached hydrogen (secondary N) is 1. The molecule has 6 heteroatoms. The molecule has 1 N–H and O–H groups in total. The molecule has 0 aliphatic carbocycles. The number of nitrogens with zero attached hydrogens (tertiary/aromatic N) is 2. The number of fused-ring (bicyclic) bond motifs is 1. The number of carbonyl (C=O) groups excluding carboxylic acids is 1. The second-order valence-electron chi connectivity index (χ2n) is 7.52. The zero-order valence-corrected chi connectivity index (χ0v) is 18.6. The van der Waals surface area contributed by atoms with Crippen molar-refractivity contribution in [2.24, 2.45) is 5.92 Å². The Morgan fingerprint density at radius 2 is 2.14 bits per heavy atom. The molecule has 4 rings (SSSR count). The van der Waals surface area contributed by atoms with E-state index in [1.165, 1.54) is 15.8 Å². The average molecular weight is 458 g/mol. The van der Waals surface area contributed by atoms with Gasteiger partial charge in [-0.05, 0) is 55.5 Å². The molecular weight excluding hydrogens is 434 g/mol. The zero-order chi connectivity index (χ0) is 19.7. The van der Waals surface area contributed by atoms with Gasteiger partial charge in [0.15, 0.2) is 5.13 Å². The Balaban J connectivity index is 1.45. The van der Waals surface area contributed by atoms with E-state index < -0.39 is 0 Å². The van der Waals surface area contributed by atoms with Crippen LogP contribution in [0.5, 0.6) is 0 Å². The van der Waals surface area contributed by atoms with Crippen molar-refractivity contribution in [3.05, 3.63) is 57.6 Å². The monoisotopic (exact) mass is 457 g/mol. The minimum absolute atomic E-state index is 0.00563. The summed E-state index contributed by atoms with van der Waals surface area (Å²) in [4.78, 5) is 19.9. The number of anilines is 1. The number of aryl methyl sites for hydroxylation is 2. The highest BCUT2D eigenvalue weighted by Crippen LogP contribution is 2.33. The number of carbonyl (C=O) groups is 1. The maximum atomic E-state index is 12.8.